The van der Waals surface area contributed by atoms with Crippen molar-refractivity contribution in [1.29, 1.82) is 0 Å². The Morgan fingerprint density at radius 3 is 2.62 bits per heavy atom. The maximum atomic E-state index is 12.8. The molecule has 0 aliphatic heterocycles. The van der Waals surface area contributed by atoms with Crippen molar-refractivity contribution in [2.75, 3.05) is 0 Å². The molecule has 0 N–H and O–H groups in total. The summed E-state index contributed by atoms with van der Waals surface area (Å²) in [5.74, 6) is 0. The first kappa shape index (κ1) is 14.9. The van der Waals surface area contributed by atoms with Gasteiger partial charge in [-0.05, 0) is 42.8 Å². The molecule has 0 radical (unpaired) electrons. The molecule has 2 heterocycles. The largest absolute Gasteiger partial charge is 0.321 e. The van der Waals surface area contributed by atoms with Crippen LogP contribution in [-0.4, -0.2) is 9.55 Å². The van der Waals surface area contributed by atoms with Crippen LogP contribution in [0, 0.1) is 6.92 Å². The van der Waals surface area contributed by atoms with Crippen molar-refractivity contribution in [3.8, 4) is 0 Å². The number of aromatic nitrogens is 2. The standard InChI is InChI=1S/C20H15ClN2O/c1-13-4-6-14(7-5-13)12-23-18-9-8-15(21)11-17(18)19(24)16-3-2-10-22-20(16)23/h2-11H,12H2,1H3. The zero-order chi connectivity index (χ0) is 16.7. The lowest BCUT2D eigenvalue weighted by atomic mass is 10.1. The second kappa shape index (κ2) is 5.77. The van der Waals surface area contributed by atoms with Crippen molar-refractivity contribution >= 4 is 33.5 Å². The molecule has 2 aromatic carbocycles. The second-order valence-corrected chi connectivity index (χ2v) is 6.37. The van der Waals surface area contributed by atoms with Gasteiger partial charge in [-0.2, -0.15) is 0 Å². The lowest BCUT2D eigenvalue weighted by Gasteiger charge is -2.14. The minimum atomic E-state index is -0.0317. The van der Waals surface area contributed by atoms with E-state index in [1.54, 1.807) is 18.3 Å². The van der Waals surface area contributed by atoms with Gasteiger partial charge in [-0.15, -0.1) is 0 Å². The van der Waals surface area contributed by atoms with Crippen LogP contribution >= 0.6 is 11.6 Å². The molecule has 0 amide bonds. The van der Waals surface area contributed by atoms with Gasteiger partial charge in [0.25, 0.3) is 0 Å². The summed E-state index contributed by atoms with van der Waals surface area (Å²) in [7, 11) is 0. The van der Waals surface area contributed by atoms with Crippen LogP contribution < -0.4 is 5.43 Å². The van der Waals surface area contributed by atoms with Gasteiger partial charge in [-0.25, -0.2) is 4.98 Å². The average molecular weight is 335 g/mol. The van der Waals surface area contributed by atoms with Crippen LogP contribution in [0.15, 0.2) is 65.6 Å². The molecule has 0 bridgehead atoms. The summed E-state index contributed by atoms with van der Waals surface area (Å²) in [6.07, 6.45) is 1.72. The Morgan fingerprint density at radius 1 is 1.04 bits per heavy atom. The highest BCUT2D eigenvalue weighted by Crippen LogP contribution is 2.22. The summed E-state index contributed by atoms with van der Waals surface area (Å²) < 4.78 is 2.08. The van der Waals surface area contributed by atoms with E-state index in [1.807, 2.05) is 18.2 Å². The molecule has 4 aromatic rings. The molecule has 0 saturated heterocycles. The second-order valence-electron chi connectivity index (χ2n) is 5.94. The minimum Gasteiger partial charge on any atom is -0.321 e. The molecule has 3 nitrogen and oxygen atoms in total. The fourth-order valence-electron chi connectivity index (χ4n) is 3.01. The highest BCUT2D eigenvalue weighted by atomic mass is 35.5. The maximum absolute atomic E-state index is 12.8. The molecule has 4 rings (SSSR count). The number of benzene rings is 2. The molecule has 0 saturated carbocycles. The molecular weight excluding hydrogens is 320 g/mol. The lowest BCUT2D eigenvalue weighted by Crippen LogP contribution is -2.13. The fraction of sp³-hybridized carbons (Fsp3) is 0.100. The highest BCUT2D eigenvalue weighted by Gasteiger charge is 2.12. The van der Waals surface area contributed by atoms with Crippen molar-refractivity contribution in [2.45, 2.75) is 13.5 Å². The van der Waals surface area contributed by atoms with Crippen molar-refractivity contribution in [2.24, 2.45) is 0 Å². The average Bonchev–Trinajstić information content (AvgIpc) is 2.60. The van der Waals surface area contributed by atoms with Crippen LogP contribution in [0.2, 0.25) is 5.02 Å². The topological polar surface area (TPSA) is 34.9 Å². The van der Waals surface area contributed by atoms with E-state index in [1.165, 1.54) is 5.56 Å². The summed E-state index contributed by atoms with van der Waals surface area (Å²) in [4.78, 5) is 17.2. The zero-order valence-corrected chi connectivity index (χ0v) is 13.9. The SMILES string of the molecule is Cc1ccc(Cn2c3ccc(Cl)cc3c(=O)c3cccnc32)cc1. The van der Waals surface area contributed by atoms with Crippen molar-refractivity contribution < 1.29 is 0 Å². The molecule has 0 aliphatic carbocycles. The van der Waals surface area contributed by atoms with Crippen LogP contribution in [0.1, 0.15) is 11.1 Å². The van der Waals surface area contributed by atoms with E-state index in [0.717, 1.165) is 11.1 Å². The van der Waals surface area contributed by atoms with Crippen molar-refractivity contribution in [1.82, 2.24) is 9.55 Å². The predicted octanol–water partition coefficient (Wildman–Crippen LogP) is 4.56. The molecule has 2 aromatic heterocycles. The number of rotatable bonds is 2. The van der Waals surface area contributed by atoms with Gasteiger partial charge in [0, 0.05) is 23.2 Å². The summed E-state index contributed by atoms with van der Waals surface area (Å²) in [6.45, 7) is 2.71. The first-order valence-electron chi connectivity index (χ1n) is 7.76. The predicted molar refractivity (Wildman–Crippen MR) is 98.8 cm³/mol. The van der Waals surface area contributed by atoms with Crippen LogP contribution in [-0.2, 0) is 6.54 Å². The van der Waals surface area contributed by atoms with Gasteiger partial charge in [0.1, 0.15) is 5.65 Å². The van der Waals surface area contributed by atoms with E-state index in [4.69, 9.17) is 11.6 Å². The van der Waals surface area contributed by atoms with Gasteiger partial charge in [0.2, 0.25) is 0 Å². The van der Waals surface area contributed by atoms with Crippen LogP contribution in [0.25, 0.3) is 21.9 Å². The Balaban J connectivity index is 2.05. The van der Waals surface area contributed by atoms with E-state index < -0.39 is 0 Å². The summed E-state index contributed by atoms with van der Waals surface area (Å²) in [5.41, 5.74) is 3.88. The third kappa shape index (κ3) is 2.47. The highest BCUT2D eigenvalue weighted by molar-refractivity contribution is 6.31. The Morgan fingerprint density at radius 2 is 1.83 bits per heavy atom. The van der Waals surface area contributed by atoms with Crippen molar-refractivity contribution in [3.63, 3.8) is 0 Å². The van der Waals surface area contributed by atoms with E-state index in [0.29, 0.717) is 28.0 Å². The van der Waals surface area contributed by atoms with E-state index in [2.05, 4.69) is 40.7 Å². The Kier molecular flexibility index (Phi) is 3.58. The van der Waals surface area contributed by atoms with Gasteiger partial charge < -0.3 is 4.57 Å². The number of nitrogens with zero attached hydrogens (tertiary/aromatic N) is 2. The number of pyridine rings is 2. The smallest absolute Gasteiger partial charge is 0.198 e. The molecule has 24 heavy (non-hydrogen) atoms. The number of hydrogen-bond donors (Lipinski definition) is 0. The van der Waals surface area contributed by atoms with Gasteiger partial charge in [-0.3, -0.25) is 4.79 Å². The van der Waals surface area contributed by atoms with Crippen LogP contribution in [0.5, 0.6) is 0 Å². The van der Waals surface area contributed by atoms with Gasteiger partial charge in [0.15, 0.2) is 5.43 Å². The molecular formula is C20H15ClN2O. The summed E-state index contributed by atoms with van der Waals surface area (Å²) in [5, 5.41) is 1.79. The Labute approximate surface area is 144 Å². The number of hydrogen-bond acceptors (Lipinski definition) is 2. The first-order valence-corrected chi connectivity index (χ1v) is 8.13. The van der Waals surface area contributed by atoms with Gasteiger partial charge >= 0.3 is 0 Å². The minimum absolute atomic E-state index is 0.0317. The summed E-state index contributed by atoms with van der Waals surface area (Å²) in [6, 6.07) is 17.4. The third-order valence-electron chi connectivity index (χ3n) is 4.24. The number of aryl methyl sites for hydroxylation is 1. The van der Waals surface area contributed by atoms with Crippen LogP contribution in [0.3, 0.4) is 0 Å². The van der Waals surface area contributed by atoms with E-state index in [9.17, 15) is 4.79 Å². The lowest BCUT2D eigenvalue weighted by molar-refractivity contribution is 0.848. The quantitative estimate of drug-likeness (QED) is 0.504. The zero-order valence-electron chi connectivity index (χ0n) is 13.2. The third-order valence-corrected chi connectivity index (χ3v) is 4.48. The molecule has 118 valence electrons. The molecule has 0 aliphatic rings. The molecule has 0 spiro atoms. The Bertz CT molecular complexity index is 1110. The summed E-state index contributed by atoms with van der Waals surface area (Å²) >= 11 is 6.11. The van der Waals surface area contributed by atoms with E-state index in [-0.39, 0.29) is 5.43 Å². The van der Waals surface area contributed by atoms with Gasteiger partial charge in [-0.1, -0.05) is 41.4 Å². The molecule has 0 atom stereocenters. The number of fused-ring (bicyclic) bond motifs is 2. The fourth-order valence-corrected chi connectivity index (χ4v) is 3.18. The monoisotopic (exact) mass is 334 g/mol. The molecule has 4 heteroatoms. The van der Waals surface area contributed by atoms with Crippen molar-refractivity contribution in [3.05, 3.63) is 87.2 Å². The molecule has 0 fully saturated rings. The normalized spacial score (nSPS) is 11.2. The van der Waals surface area contributed by atoms with Crippen LogP contribution in [0.4, 0.5) is 0 Å². The first-order chi connectivity index (χ1) is 11.6. The maximum Gasteiger partial charge on any atom is 0.198 e. The number of halogens is 1. The Hall–Kier alpha value is -2.65. The molecule has 0 unspecified atom stereocenters. The van der Waals surface area contributed by atoms with E-state index >= 15 is 0 Å². The van der Waals surface area contributed by atoms with Gasteiger partial charge in [0.05, 0.1) is 10.9 Å².